The SMILES string of the molecule is N#CCc1c(Br)cc(=O)[nH]c1C(F)F. The molecule has 1 rings (SSSR count). The van der Waals surface area contributed by atoms with Crippen LogP contribution < -0.4 is 5.56 Å². The molecule has 0 aliphatic heterocycles. The first-order valence-electron chi connectivity index (χ1n) is 3.63. The highest BCUT2D eigenvalue weighted by Gasteiger charge is 2.16. The van der Waals surface area contributed by atoms with E-state index >= 15 is 0 Å². The fourth-order valence-electron chi connectivity index (χ4n) is 1.02. The van der Waals surface area contributed by atoms with Gasteiger partial charge in [-0.2, -0.15) is 5.26 Å². The summed E-state index contributed by atoms with van der Waals surface area (Å²) in [7, 11) is 0. The van der Waals surface area contributed by atoms with Crippen LogP contribution in [0.25, 0.3) is 0 Å². The number of aromatic nitrogens is 1. The Hall–Kier alpha value is -1.22. The van der Waals surface area contributed by atoms with Crippen LogP contribution in [0.2, 0.25) is 0 Å². The molecule has 0 saturated carbocycles. The van der Waals surface area contributed by atoms with Crippen molar-refractivity contribution in [3.8, 4) is 6.07 Å². The maximum absolute atomic E-state index is 12.4. The molecule has 14 heavy (non-hydrogen) atoms. The molecule has 74 valence electrons. The molecule has 0 saturated heterocycles. The zero-order chi connectivity index (χ0) is 10.7. The molecule has 0 aliphatic carbocycles. The van der Waals surface area contributed by atoms with Gasteiger partial charge in [-0.1, -0.05) is 15.9 Å². The minimum Gasteiger partial charge on any atom is -0.321 e. The summed E-state index contributed by atoms with van der Waals surface area (Å²) in [6.45, 7) is 0. The second kappa shape index (κ2) is 4.33. The minimum atomic E-state index is -2.79. The number of H-pyrrole nitrogens is 1. The van der Waals surface area contributed by atoms with Crippen molar-refractivity contribution in [2.24, 2.45) is 0 Å². The molecule has 1 heterocycles. The summed E-state index contributed by atoms with van der Waals surface area (Å²) in [5.41, 5.74) is -0.984. The van der Waals surface area contributed by atoms with Crippen LogP contribution in [0.4, 0.5) is 8.78 Å². The summed E-state index contributed by atoms with van der Waals surface area (Å²) in [6.07, 6.45) is -2.96. The van der Waals surface area contributed by atoms with Crippen LogP contribution in [-0.4, -0.2) is 4.98 Å². The summed E-state index contributed by atoms with van der Waals surface area (Å²) >= 11 is 2.96. The van der Waals surface area contributed by atoms with E-state index in [9.17, 15) is 13.6 Å². The molecule has 0 bridgehead atoms. The summed E-state index contributed by atoms with van der Waals surface area (Å²) in [5.74, 6) is 0. The Bertz CT molecular complexity index is 436. The van der Waals surface area contributed by atoms with Crippen LogP contribution in [-0.2, 0) is 6.42 Å². The Morgan fingerprint density at radius 1 is 1.64 bits per heavy atom. The summed E-state index contributed by atoms with van der Waals surface area (Å²) in [4.78, 5) is 12.9. The van der Waals surface area contributed by atoms with Crippen molar-refractivity contribution in [1.82, 2.24) is 4.98 Å². The third kappa shape index (κ3) is 2.17. The van der Waals surface area contributed by atoms with Crippen molar-refractivity contribution < 1.29 is 8.78 Å². The van der Waals surface area contributed by atoms with Gasteiger partial charge in [0.1, 0.15) is 0 Å². The van der Waals surface area contributed by atoms with Crippen molar-refractivity contribution in [3.63, 3.8) is 0 Å². The fourth-order valence-corrected chi connectivity index (χ4v) is 1.58. The first kappa shape index (κ1) is 10.9. The topological polar surface area (TPSA) is 56.6 Å². The molecule has 0 aromatic carbocycles. The van der Waals surface area contributed by atoms with Gasteiger partial charge in [0.2, 0.25) is 5.56 Å². The van der Waals surface area contributed by atoms with E-state index < -0.39 is 17.7 Å². The monoisotopic (exact) mass is 262 g/mol. The van der Waals surface area contributed by atoms with Crippen LogP contribution in [0, 0.1) is 11.3 Å². The molecular formula is C8H5BrF2N2O. The van der Waals surface area contributed by atoms with Gasteiger partial charge < -0.3 is 4.98 Å². The van der Waals surface area contributed by atoms with Crippen LogP contribution in [0.5, 0.6) is 0 Å². The number of hydrogen-bond donors (Lipinski definition) is 1. The van der Waals surface area contributed by atoms with Crippen molar-refractivity contribution >= 4 is 15.9 Å². The van der Waals surface area contributed by atoms with Crippen molar-refractivity contribution in [3.05, 3.63) is 32.2 Å². The molecule has 1 N–H and O–H groups in total. The van der Waals surface area contributed by atoms with E-state index in [1.165, 1.54) is 0 Å². The standard InChI is InChI=1S/C8H5BrF2N2O/c9-5-3-6(14)13-7(8(10)11)4(5)1-2-12/h3,8H,1H2,(H,13,14). The van der Waals surface area contributed by atoms with Crippen LogP contribution in [0.1, 0.15) is 17.7 Å². The van der Waals surface area contributed by atoms with Gasteiger partial charge in [0, 0.05) is 16.1 Å². The first-order valence-corrected chi connectivity index (χ1v) is 4.42. The summed E-state index contributed by atoms with van der Waals surface area (Å²) < 4.78 is 25.1. The van der Waals surface area contributed by atoms with Gasteiger partial charge in [0.05, 0.1) is 18.2 Å². The van der Waals surface area contributed by atoms with E-state index in [4.69, 9.17) is 5.26 Å². The second-order valence-corrected chi connectivity index (χ2v) is 3.36. The van der Waals surface area contributed by atoms with Crippen molar-refractivity contribution in [2.75, 3.05) is 0 Å². The Labute approximate surface area is 86.5 Å². The molecule has 0 aliphatic rings. The van der Waals surface area contributed by atoms with Crippen LogP contribution in [0.15, 0.2) is 15.3 Å². The lowest BCUT2D eigenvalue weighted by Gasteiger charge is -2.06. The highest BCUT2D eigenvalue weighted by atomic mass is 79.9. The molecule has 0 spiro atoms. The van der Waals surface area contributed by atoms with Crippen LogP contribution in [0.3, 0.4) is 0 Å². The zero-order valence-corrected chi connectivity index (χ0v) is 8.44. The lowest BCUT2D eigenvalue weighted by Crippen LogP contribution is -2.11. The molecule has 0 amide bonds. The maximum Gasteiger partial charge on any atom is 0.278 e. The number of halogens is 3. The quantitative estimate of drug-likeness (QED) is 0.888. The number of alkyl halides is 2. The number of aromatic amines is 1. The van der Waals surface area contributed by atoms with Crippen molar-refractivity contribution in [1.29, 1.82) is 5.26 Å². The van der Waals surface area contributed by atoms with Gasteiger partial charge in [-0.05, 0) is 0 Å². The van der Waals surface area contributed by atoms with Crippen molar-refractivity contribution in [2.45, 2.75) is 12.8 Å². The molecule has 0 radical (unpaired) electrons. The fraction of sp³-hybridized carbons (Fsp3) is 0.250. The second-order valence-electron chi connectivity index (χ2n) is 2.51. The normalized spacial score (nSPS) is 10.2. The van der Waals surface area contributed by atoms with Gasteiger partial charge in [0.15, 0.2) is 0 Å². The number of hydrogen-bond acceptors (Lipinski definition) is 2. The average Bonchev–Trinajstić information content (AvgIpc) is 2.09. The number of nitrogens with zero attached hydrogens (tertiary/aromatic N) is 1. The zero-order valence-electron chi connectivity index (χ0n) is 6.85. The summed E-state index contributed by atoms with van der Waals surface area (Å²) in [5, 5.41) is 8.41. The lowest BCUT2D eigenvalue weighted by molar-refractivity contribution is 0.144. The smallest absolute Gasteiger partial charge is 0.278 e. The van der Waals surface area contributed by atoms with E-state index in [0.29, 0.717) is 0 Å². The molecule has 1 aromatic heterocycles. The maximum atomic E-state index is 12.4. The van der Waals surface area contributed by atoms with E-state index in [-0.39, 0.29) is 16.5 Å². The first-order chi connectivity index (χ1) is 6.56. The van der Waals surface area contributed by atoms with Gasteiger partial charge in [0.25, 0.3) is 6.43 Å². The minimum absolute atomic E-state index is 0.127. The average molecular weight is 263 g/mol. The van der Waals surface area contributed by atoms with Gasteiger partial charge in [-0.25, -0.2) is 8.78 Å². The van der Waals surface area contributed by atoms with E-state index in [1.54, 1.807) is 6.07 Å². The molecule has 3 nitrogen and oxygen atoms in total. The third-order valence-electron chi connectivity index (χ3n) is 1.60. The number of rotatable bonds is 2. The van der Waals surface area contributed by atoms with E-state index in [0.717, 1.165) is 6.07 Å². The van der Waals surface area contributed by atoms with E-state index in [2.05, 4.69) is 15.9 Å². The third-order valence-corrected chi connectivity index (χ3v) is 2.31. The van der Waals surface area contributed by atoms with Crippen LogP contribution >= 0.6 is 15.9 Å². The Morgan fingerprint density at radius 2 is 2.29 bits per heavy atom. The number of pyridine rings is 1. The Balaban J connectivity index is 3.38. The van der Waals surface area contributed by atoms with Gasteiger partial charge in [-0.15, -0.1) is 0 Å². The Morgan fingerprint density at radius 3 is 2.79 bits per heavy atom. The molecule has 0 atom stereocenters. The van der Waals surface area contributed by atoms with Gasteiger partial charge >= 0.3 is 0 Å². The molecule has 0 fully saturated rings. The molecule has 0 unspecified atom stereocenters. The summed E-state index contributed by atoms with van der Waals surface area (Å²) in [6, 6.07) is 2.88. The van der Waals surface area contributed by atoms with Gasteiger partial charge in [-0.3, -0.25) is 4.79 Å². The highest BCUT2D eigenvalue weighted by Crippen LogP contribution is 2.25. The number of nitrogens with one attached hydrogen (secondary N) is 1. The molecular weight excluding hydrogens is 258 g/mol. The predicted molar refractivity (Wildman–Crippen MR) is 49.0 cm³/mol. The lowest BCUT2D eigenvalue weighted by atomic mass is 10.1. The molecule has 1 aromatic rings. The van der Waals surface area contributed by atoms with E-state index in [1.807, 2.05) is 4.98 Å². The molecule has 6 heteroatoms. The largest absolute Gasteiger partial charge is 0.321 e. The predicted octanol–water partition coefficient (Wildman–Crippen LogP) is 2.14. The highest BCUT2D eigenvalue weighted by molar-refractivity contribution is 9.10. The number of nitriles is 1. The Kier molecular flexibility index (Phi) is 3.36.